The largest absolute Gasteiger partial charge is 0.762 e. The van der Waals surface area contributed by atoms with Gasteiger partial charge in [0.2, 0.25) is 0 Å². The third kappa shape index (κ3) is 4.23. The second kappa shape index (κ2) is 8.43. The van der Waals surface area contributed by atoms with Crippen molar-refractivity contribution in [1.29, 1.82) is 5.26 Å². The Morgan fingerprint density at radius 3 is 2.27 bits per heavy atom. The van der Waals surface area contributed by atoms with Gasteiger partial charge in [-0.25, -0.2) is 0 Å². The molecule has 0 fully saturated rings. The third-order valence-electron chi connectivity index (χ3n) is 3.71. The number of ether oxygens (including phenoxy) is 1. The Balaban J connectivity index is 2.51. The Morgan fingerprint density at radius 2 is 1.81 bits per heavy atom. The topological polar surface area (TPSA) is 79.5 Å². The SMILES string of the molecule is COc1ccc(C(=O)C(=CC(=C=[N-])C#N)[n+]2ccc(N(C)C)cc2)cc1. The molecule has 0 amide bonds. The van der Waals surface area contributed by atoms with Crippen molar-refractivity contribution in [2.75, 3.05) is 26.1 Å². The second-order valence-corrected chi connectivity index (χ2v) is 5.58. The van der Waals surface area contributed by atoms with Gasteiger partial charge in [-0.3, -0.25) is 10.7 Å². The smallest absolute Gasteiger partial charge is 0.260 e. The van der Waals surface area contributed by atoms with Crippen LogP contribution in [0.3, 0.4) is 0 Å². The summed E-state index contributed by atoms with van der Waals surface area (Å²) in [6.45, 7) is 0. The number of nitriles is 1. The maximum absolute atomic E-state index is 13.0. The number of carbonyl (C=O) groups is 1. The van der Waals surface area contributed by atoms with E-state index >= 15 is 0 Å². The van der Waals surface area contributed by atoms with Crippen LogP contribution < -0.4 is 14.2 Å². The summed E-state index contributed by atoms with van der Waals surface area (Å²) in [5.41, 5.74) is 1.45. The minimum atomic E-state index is -0.307. The Kier molecular flexibility index (Phi) is 6.05. The number of hydrogen-bond donors (Lipinski definition) is 0. The number of methoxy groups -OCH3 is 1. The van der Waals surface area contributed by atoms with Crippen LogP contribution in [0.2, 0.25) is 0 Å². The summed E-state index contributed by atoms with van der Waals surface area (Å²) in [7, 11) is 5.37. The number of aromatic nitrogens is 1. The van der Waals surface area contributed by atoms with Crippen LogP contribution in [0.15, 0.2) is 60.4 Å². The standard InChI is InChI=1S/C20H18N4O2/c1-23(2)17-8-10-24(11-9-17)19(12-15(13-21)14-22)20(25)16-4-6-18(26-3)7-5-16/h4-12H,1-3H3. The first-order valence-corrected chi connectivity index (χ1v) is 7.76. The zero-order valence-corrected chi connectivity index (χ0v) is 14.8. The van der Waals surface area contributed by atoms with E-state index in [1.165, 1.54) is 6.08 Å². The molecule has 0 saturated heterocycles. The van der Waals surface area contributed by atoms with Crippen molar-refractivity contribution in [1.82, 2.24) is 0 Å². The molecule has 6 heteroatoms. The number of anilines is 1. The highest BCUT2D eigenvalue weighted by atomic mass is 16.5. The van der Waals surface area contributed by atoms with Crippen LogP contribution in [0, 0.1) is 11.3 Å². The van der Waals surface area contributed by atoms with Gasteiger partial charge in [0.25, 0.3) is 11.5 Å². The molecule has 130 valence electrons. The van der Waals surface area contributed by atoms with Gasteiger partial charge in [0.15, 0.2) is 12.4 Å². The zero-order chi connectivity index (χ0) is 19.1. The number of Topliss-reactive ketones (excluding diaryl/α,β-unsaturated/α-hetero) is 1. The summed E-state index contributed by atoms with van der Waals surface area (Å²) < 4.78 is 6.69. The van der Waals surface area contributed by atoms with E-state index in [9.17, 15) is 4.79 Å². The lowest BCUT2D eigenvalue weighted by Crippen LogP contribution is -2.36. The summed E-state index contributed by atoms with van der Waals surface area (Å²) in [5.74, 6) is 2.12. The molecule has 0 radical (unpaired) electrons. The quantitative estimate of drug-likeness (QED) is 0.201. The normalized spacial score (nSPS) is 10.5. The summed E-state index contributed by atoms with van der Waals surface area (Å²) in [6.07, 6.45) is 4.73. The number of nitrogens with zero attached hydrogens (tertiary/aromatic N) is 4. The maximum Gasteiger partial charge on any atom is 0.260 e. The fraction of sp³-hybridized carbons (Fsp3) is 0.150. The number of rotatable bonds is 6. The highest BCUT2D eigenvalue weighted by molar-refractivity contribution is 6.22. The molecule has 0 bridgehead atoms. The molecule has 6 nitrogen and oxygen atoms in total. The van der Waals surface area contributed by atoms with E-state index in [1.54, 1.807) is 60.3 Å². The van der Waals surface area contributed by atoms with Gasteiger partial charge in [0.1, 0.15) is 11.8 Å². The molecule has 0 atom stereocenters. The van der Waals surface area contributed by atoms with E-state index in [-0.39, 0.29) is 17.1 Å². The Morgan fingerprint density at radius 1 is 1.19 bits per heavy atom. The van der Waals surface area contributed by atoms with Gasteiger partial charge in [-0.2, -0.15) is 9.83 Å². The average Bonchev–Trinajstić information content (AvgIpc) is 2.68. The van der Waals surface area contributed by atoms with E-state index in [1.807, 2.05) is 31.1 Å². The van der Waals surface area contributed by atoms with Crippen LogP contribution >= 0.6 is 0 Å². The summed E-state index contributed by atoms with van der Waals surface area (Å²) in [6, 6.07) is 12.1. The monoisotopic (exact) mass is 346 g/mol. The molecule has 0 spiro atoms. The van der Waals surface area contributed by atoms with Gasteiger partial charge < -0.3 is 15.0 Å². The summed E-state index contributed by atoms with van der Waals surface area (Å²) in [5, 5.41) is 18.1. The second-order valence-electron chi connectivity index (χ2n) is 5.58. The molecule has 1 aromatic heterocycles. The van der Waals surface area contributed by atoms with Crippen LogP contribution in [0.25, 0.3) is 11.1 Å². The van der Waals surface area contributed by atoms with Gasteiger partial charge in [0.05, 0.1) is 12.7 Å². The average molecular weight is 346 g/mol. The molecular weight excluding hydrogens is 328 g/mol. The van der Waals surface area contributed by atoms with Gasteiger partial charge in [0, 0.05) is 43.6 Å². The van der Waals surface area contributed by atoms with Crippen molar-refractivity contribution < 1.29 is 14.1 Å². The van der Waals surface area contributed by atoms with E-state index < -0.39 is 0 Å². The van der Waals surface area contributed by atoms with Crippen molar-refractivity contribution in [2.24, 2.45) is 0 Å². The van der Waals surface area contributed by atoms with Crippen LogP contribution in [0.4, 0.5) is 5.69 Å². The number of allylic oxidation sites excluding steroid dienone is 3. The van der Waals surface area contributed by atoms with Gasteiger partial charge in [-0.15, -0.1) is 0 Å². The van der Waals surface area contributed by atoms with E-state index in [4.69, 9.17) is 15.4 Å². The van der Waals surface area contributed by atoms with Crippen molar-refractivity contribution in [3.63, 3.8) is 0 Å². The van der Waals surface area contributed by atoms with Crippen molar-refractivity contribution in [2.45, 2.75) is 0 Å². The lowest BCUT2D eigenvalue weighted by molar-refractivity contribution is -0.576. The molecule has 0 N–H and O–H groups in total. The first kappa shape index (κ1) is 18.7. The minimum absolute atomic E-state index is 0.147. The molecule has 26 heavy (non-hydrogen) atoms. The van der Waals surface area contributed by atoms with Crippen molar-refractivity contribution >= 4 is 23.0 Å². The molecule has 0 aliphatic heterocycles. The number of carbonyl (C=O) groups excluding carboxylic acids is 1. The lowest BCUT2D eigenvalue weighted by atomic mass is 10.1. The van der Waals surface area contributed by atoms with Gasteiger partial charge in [-0.1, -0.05) is 0 Å². The van der Waals surface area contributed by atoms with Crippen LogP contribution in [0.1, 0.15) is 10.4 Å². The molecular formula is C20H18N4O2. The highest BCUT2D eigenvalue weighted by Gasteiger charge is 2.22. The highest BCUT2D eigenvalue weighted by Crippen LogP contribution is 2.16. The first-order chi connectivity index (χ1) is 12.5. The molecule has 2 aromatic rings. The fourth-order valence-corrected chi connectivity index (χ4v) is 2.25. The van der Waals surface area contributed by atoms with E-state index in [0.717, 1.165) is 5.69 Å². The Labute approximate surface area is 152 Å². The molecule has 0 saturated carbocycles. The molecule has 1 heterocycles. The van der Waals surface area contributed by atoms with E-state index in [0.29, 0.717) is 11.3 Å². The predicted molar refractivity (Wildman–Crippen MR) is 100 cm³/mol. The Bertz CT molecular complexity index is 914. The fourth-order valence-electron chi connectivity index (χ4n) is 2.25. The minimum Gasteiger partial charge on any atom is -0.762 e. The predicted octanol–water partition coefficient (Wildman–Crippen LogP) is 2.46. The zero-order valence-electron chi connectivity index (χ0n) is 14.8. The maximum atomic E-state index is 13.0. The summed E-state index contributed by atoms with van der Waals surface area (Å²) in [4.78, 5) is 14.9. The number of hydrogen-bond acceptors (Lipinski definition) is 4. The Hall–Kier alpha value is -3.68. The van der Waals surface area contributed by atoms with Gasteiger partial charge >= 0.3 is 0 Å². The van der Waals surface area contributed by atoms with Gasteiger partial charge in [-0.05, 0) is 24.3 Å². The van der Waals surface area contributed by atoms with Crippen molar-refractivity contribution in [3.05, 3.63) is 71.4 Å². The molecule has 0 unspecified atom stereocenters. The van der Waals surface area contributed by atoms with Crippen LogP contribution in [-0.2, 0) is 0 Å². The number of pyridine rings is 1. The molecule has 1 aromatic carbocycles. The van der Waals surface area contributed by atoms with Crippen LogP contribution in [-0.4, -0.2) is 32.9 Å². The van der Waals surface area contributed by atoms with E-state index in [2.05, 4.69) is 0 Å². The third-order valence-corrected chi connectivity index (χ3v) is 3.71. The van der Waals surface area contributed by atoms with Crippen molar-refractivity contribution in [3.8, 4) is 11.8 Å². The first-order valence-electron chi connectivity index (χ1n) is 7.76. The molecule has 2 rings (SSSR count). The number of benzene rings is 1. The lowest BCUT2D eigenvalue weighted by Gasteiger charge is -2.10. The molecule has 0 aliphatic carbocycles. The summed E-state index contributed by atoms with van der Waals surface area (Å²) >= 11 is 0. The molecule has 0 aliphatic rings. The van der Waals surface area contributed by atoms with Crippen LogP contribution in [0.5, 0.6) is 5.75 Å². The number of ketones is 1.